The van der Waals surface area contributed by atoms with E-state index < -0.39 is 0 Å². The van der Waals surface area contributed by atoms with Crippen LogP contribution in [0.15, 0.2) is 0 Å². The summed E-state index contributed by atoms with van der Waals surface area (Å²) in [6, 6.07) is 2.47. The molecule has 1 fully saturated rings. The van der Waals surface area contributed by atoms with Crippen molar-refractivity contribution in [3.8, 4) is 6.07 Å². The fourth-order valence-corrected chi connectivity index (χ4v) is 2.30. The second-order valence-corrected chi connectivity index (χ2v) is 4.56. The molecule has 0 amide bonds. The number of nitrogens with zero attached hydrogens (tertiary/aromatic N) is 2. The molecule has 1 aliphatic rings. The van der Waals surface area contributed by atoms with Gasteiger partial charge in [-0.2, -0.15) is 5.26 Å². The van der Waals surface area contributed by atoms with Gasteiger partial charge < -0.3 is 4.90 Å². The maximum Gasteiger partial charge on any atom is 0.0661 e. The van der Waals surface area contributed by atoms with Gasteiger partial charge in [-0.15, -0.1) is 0 Å². The molecular weight excluding hydrogens is 160 g/mol. The molecule has 2 atom stereocenters. The standard InChI is InChI=1S/C11H20N2/c1-9(2)11(7-12)10-5-4-6-13(3)8-10/h9-11H,4-6,8H2,1-3H3. The molecular formula is C11H20N2. The molecule has 0 aromatic heterocycles. The molecule has 0 saturated carbocycles. The highest BCUT2D eigenvalue weighted by atomic mass is 15.1. The van der Waals surface area contributed by atoms with Crippen LogP contribution in [0, 0.1) is 29.1 Å². The first-order valence-electron chi connectivity index (χ1n) is 5.23. The van der Waals surface area contributed by atoms with E-state index in [0.717, 1.165) is 6.54 Å². The lowest BCUT2D eigenvalue weighted by atomic mass is 9.80. The molecule has 1 aliphatic heterocycles. The summed E-state index contributed by atoms with van der Waals surface area (Å²) >= 11 is 0. The SMILES string of the molecule is CC(C)C(C#N)C1CCCN(C)C1. The van der Waals surface area contributed by atoms with Crippen molar-refractivity contribution in [1.29, 1.82) is 5.26 Å². The summed E-state index contributed by atoms with van der Waals surface area (Å²) in [6.07, 6.45) is 2.49. The molecule has 74 valence electrons. The Balaban J connectivity index is 2.54. The van der Waals surface area contributed by atoms with E-state index in [0.29, 0.717) is 11.8 Å². The molecule has 2 nitrogen and oxygen atoms in total. The predicted molar refractivity (Wildman–Crippen MR) is 54.2 cm³/mol. The van der Waals surface area contributed by atoms with E-state index >= 15 is 0 Å². The van der Waals surface area contributed by atoms with Gasteiger partial charge in [-0.3, -0.25) is 0 Å². The van der Waals surface area contributed by atoms with Crippen LogP contribution in [-0.4, -0.2) is 25.0 Å². The van der Waals surface area contributed by atoms with Crippen molar-refractivity contribution in [3.63, 3.8) is 0 Å². The summed E-state index contributed by atoms with van der Waals surface area (Å²) in [5.74, 6) is 1.35. The van der Waals surface area contributed by atoms with Gasteiger partial charge in [-0.1, -0.05) is 13.8 Å². The maximum atomic E-state index is 9.07. The summed E-state index contributed by atoms with van der Waals surface area (Å²) in [7, 11) is 2.15. The number of likely N-dealkylation sites (tertiary alicyclic amines) is 1. The van der Waals surface area contributed by atoms with Crippen molar-refractivity contribution in [3.05, 3.63) is 0 Å². The van der Waals surface area contributed by atoms with E-state index in [1.54, 1.807) is 0 Å². The minimum Gasteiger partial charge on any atom is -0.306 e. The van der Waals surface area contributed by atoms with Crippen molar-refractivity contribution in [2.24, 2.45) is 17.8 Å². The van der Waals surface area contributed by atoms with Crippen LogP contribution in [0.1, 0.15) is 26.7 Å². The zero-order valence-corrected chi connectivity index (χ0v) is 8.95. The Bertz CT molecular complexity index is 193. The Hall–Kier alpha value is -0.550. The minimum absolute atomic E-state index is 0.253. The van der Waals surface area contributed by atoms with Gasteiger partial charge in [0.2, 0.25) is 0 Å². The summed E-state index contributed by atoms with van der Waals surface area (Å²) in [4.78, 5) is 2.35. The predicted octanol–water partition coefficient (Wildman–Crippen LogP) is 2.12. The van der Waals surface area contributed by atoms with Gasteiger partial charge in [0.05, 0.1) is 12.0 Å². The van der Waals surface area contributed by atoms with E-state index in [2.05, 4.69) is 31.9 Å². The first kappa shape index (κ1) is 10.5. The maximum absolute atomic E-state index is 9.07. The average molecular weight is 180 g/mol. The number of rotatable bonds is 2. The fraction of sp³-hybridized carbons (Fsp3) is 0.909. The molecule has 0 radical (unpaired) electrons. The topological polar surface area (TPSA) is 27.0 Å². The van der Waals surface area contributed by atoms with Crippen LogP contribution in [-0.2, 0) is 0 Å². The largest absolute Gasteiger partial charge is 0.306 e. The Labute approximate surface area is 81.5 Å². The van der Waals surface area contributed by atoms with Crippen molar-refractivity contribution >= 4 is 0 Å². The second kappa shape index (κ2) is 4.62. The average Bonchev–Trinajstić information content (AvgIpc) is 2.04. The number of nitriles is 1. The third-order valence-corrected chi connectivity index (χ3v) is 3.04. The summed E-state index contributed by atoms with van der Waals surface area (Å²) in [5, 5.41) is 9.07. The Kier molecular flexibility index (Phi) is 3.74. The zero-order valence-electron chi connectivity index (χ0n) is 8.95. The molecule has 2 heteroatoms. The van der Waals surface area contributed by atoms with E-state index in [1.807, 2.05) is 0 Å². The minimum atomic E-state index is 0.253. The molecule has 0 aliphatic carbocycles. The van der Waals surface area contributed by atoms with E-state index in [4.69, 9.17) is 5.26 Å². The number of piperidine rings is 1. The van der Waals surface area contributed by atoms with Crippen LogP contribution in [0.4, 0.5) is 0 Å². The van der Waals surface area contributed by atoms with Crippen molar-refractivity contribution in [1.82, 2.24) is 4.90 Å². The van der Waals surface area contributed by atoms with Gasteiger partial charge >= 0.3 is 0 Å². The summed E-state index contributed by atoms with van der Waals surface area (Å²) in [5.41, 5.74) is 0. The van der Waals surface area contributed by atoms with Gasteiger partial charge in [-0.05, 0) is 38.3 Å². The lowest BCUT2D eigenvalue weighted by Crippen LogP contribution is -2.36. The smallest absolute Gasteiger partial charge is 0.0661 e. The van der Waals surface area contributed by atoms with E-state index in [-0.39, 0.29) is 5.92 Å². The monoisotopic (exact) mass is 180 g/mol. The first-order valence-corrected chi connectivity index (χ1v) is 5.23. The first-order chi connectivity index (χ1) is 6.15. The van der Waals surface area contributed by atoms with Gasteiger partial charge in [0.15, 0.2) is 0 Å². The molecule has 13 heavy (non-hydrogen) atoms. The van der Waals surface area contributed by atoms with Crippen LogP contribution in [0.5, 0.6) is 0 Å². The lowest BCUT2D eigenvalue weighted by molar-refractivity contribution is 0.159. The van der Waals surface area contributed by atoms with Gasteiger partial charge in [0, 0.05) is 6.54 Å². The van der Waals surface area contributed by atoms with Crippen LogP contribution >= 0.6 is 0 Å². The van der Waals surface area contributed by atoms with Gasteiger partial charge in [0.25, 0.3) is 0 Å². The molecule has 0 N–H and O–H groups in total. The molecule has 0 bridgehead atoms. The van der Waals surface area contributed by atoms with E-state index in [1.165, 1.54) is 19.4 Å². The molecule has 1 saturated heterocycles. The van der Waals surface area contributed by atoms with Crippen LogP contribution in [0.25, 0.3) is 0 Å². The third-order valence-electron chi connectivity index (χ3n) is 3.04. The second-order valence-electron chi connectivity index (χ2n) is 4.56. The van der Waals surface area contributed by atoms with Crippen molar-refractivity contribution in [2.75, 3.05) is 20.1 Å². The molecule has 1 rings (SSSR count). The van der Waals surface area contributed by atoms with E-state index in [9.17, 15) is 0 Å². The lowest BCUT2D eigenvalue weighted by Gasteiger charge is -2.33. The highest BCUT2D eigenvalue weighted by Gasteiger charge is 2.27. The van der Waals surface area contributed by atoms with Crippen molar-refractivity contribution < 1.29 is 0 Å². The van der Waals surface area contributed by atoms with Crippen LogP contribution in [0.3, 0.4) is 0 Å². The summed E-state index contributed by atoms with van der Waals surface area (Å²) < 4.78 is 0. The summed E-state index contributed by atoms with van der Waals surface area (Å²) in [6.45, 7) is 6.62. The number of hydrogen-bond donors (Lipinski definition) is 0. The zero-order chi connectivity index (χ0) is 9.84. The molecule has 2 unspecified atom stereocenters. The normalized spacial score (nSPS) is 27.2. The third kappa shape index (κ3) is 2.70. The highest BCUT2D eigenvalue weighted by molar-refractivity contribution is 4.92. The van der Waals surface area contributed by atoms with Crippen LogP contribution < -0.4 is 0 Å². The Morgan fingerprint density at radius 2 is 2.15 bits per heavy atom. The Morgan fingerprint density at radius 1 is 1.46 bits per heavy atom. The van der Waals surface area contributed by atoms with Gasteiger partial charge in [-0.25, -0.2) is 0 Å². The molecule has 0 aromatic rings. The fourth-order valence-electron chi connectivity index (χ4n) is 2.30. The molecule has 0 aromatic carbocycles. The molecule has 0 spiro atoms. The van der Waals surface area contributed by atoms with Crippen molar-refractivity contribution in [2.45, 2.75) is 26.7 Å². The highest BCUT2D eigenvalue weighted by Crippen LogP contribution is 2.27. The van der Waals surface area contributed by atoms with Gasteiger partial charge in [0.1, 0.15) is 0 Å². The Morgan fingerprint density at radius 3 is 2.62 bits per heavy atom. The molecule has 1 heterocycles. The van der Waals surface area contributed by atoms with Crippen LogP contribution in [0.2, 0.25) is 0 Å². The quantitative estimate of drug-likeness (QED) is 0.651. The number of hydrogen-bond acceptors (Lipinski definition) is 2.